The third-order valence-electron chi connectivity index (χ3n) is 4.48. The molecular formula is C21H18N2O3S. The Morgan fingerprint density at radius 2 is 1.89 bits per heavy atom. The van der Waals surface area contributed by atoms with E-state index in [-0.39, 0.29) is 17.3 Å². The van der Waals surface area contributed by atoms with Crippen LogP contribution in [-0.2, 0) is 6.42 Å². The van der Waals surface area contributed by atoms with E-state index in [9.17, 15) is 15.0 Å². The summed E-state index contributed by atoms with van der Waals surface area (Å²) in [6.45, 7) is 0. The molecule has 3 N–H and O–H groups in total. The number of imidazole rings is 1. The number of ketones is 1. The van der Waals surface area contributed by atoms with Gasteiger partial charge in [-0.05, 0) is 54.1 Å². The van der Waals surface area contributed by atoms with Crippen molar-refractivity contribution in [3.8, 4) is 22.2 Å². The molecular weight excluding hydrogens is 360 g/mol. The summed E-state index contributed by atoms with van der Waals surface area (Å²) in [5.41, 5.74) is 2.60. The number of aromatic amines is 1. The number of carbonyl (C=O) groups excluding carboxylic acids is 1. The first-order valence-electron chi connectivity index (χ1n) is 8.68. The second-order valence-corrected chi connectivity index (χ2v) is 7.31. The number of H-pyrrole nitrogens is 1. The van der Waals surface area contributed by atoms with Crippen molar-refractivity contribution in [1.82, 2.24) is 9.97 Å². The van der Waals surface area contributed by atoms with E-state index in [1.807, 2.05) is 29.6 Å². The van der Waals surface area contributed by atoms with Crippen LogP contribution in [0.4, 0.5) is 0 Å². The topological polar surface area (TPSA) is 86.2 Å². The molecule has 2 aromatic carbocycles. The molecule has 4 rings (SSSR count). The van der Waals surface area contributed by atoms with Gasteiger partial charge in [-0.3, -0.25) is 4.79 Å². The first-order valence-corrected chi connectivity index (χ1v) is 9.56. The largest absolute Gasteiger partial charge is 0.508 e. The molecule has 6 heteroatoms. The summed E-state index contributed by atoms with van der Waals surface area (Å²) < 4.78 is 0. The molecule has 136 valence electrons. The zero-order valence-corrected chi connectivity index (χ0v) is 15.3. The quantitative estimate of drug-likeness (QED) is 0.416. The fourth-order valence-corrected chi connectivity index (χ4v) is 3.75. The van der Waals surface area contributed by atoms with Crippen molar-refractivity contribution in [1.29, 1.82) is 0 Å². The first kappa shape index (κ1) is 17.3. The average molecular weight is 378 g/mol. The highest BCUT2D eigenvalue weighted by molar-refractivity contribution is 7.13. The van der Waals surface area contributed by atoms with Gasteiger partial charge in [-0.2, -0.15) is 0 Å². The number of hydrogen-bond donors (Lipinski definition) is 3. The number of benzene rings is 2. The van der Waals surface area contributed by atoms with Crippen LogP contribution in [0.25, 0.3) is 21.7 Å². The van der Waals surface area contributed by atoms with Crippen molar-refractivity contribution in [3.63, 3.8) is 0 Å². The maximum absolute atomic E-state index is 12.7. The van der Waals surface area contributed by atoms with Crippen molar-refractivity contribution in [2.75, 3.05) is 0 Å². The van der Waals surface area contributed by atoms with Gasteiger partial charge in [0, 0.05) is 12.0 Å². The smallest absolute Gasteiger partial charge is 0.165 e. The van der Waals surface area contributed by atoms with Gasteiger partial charge < -0.3 is 15.2 Å². The van der Waals surface area contributed by atoms with Crippen LogP contribution in [0.15, 0.2) is 53.9 Å². The Balaban J connectivity index is 1.54. The summed E-state index contributed by atoms with van der Waals surface area (Å²) in [5.74, 6) is 0.977. The molecule has 0 radical (unpaired) electrons. The second-order valence-electron chi connectivity index (χ2n) is 6.36. The van der Waals surface area contributed by atoms with Crippen LogP contribution >= 0.6 is 11.3 Å². The number of phenolic OH excluding ortho intramolecular Hbond substituents is 2. The molecule has 5 nitrogen and oxygen atoms in total. The molecule has 0 aliphatic carbocycles. The molecule has 0 spiro atoms. The Labute approximate surface area is 160 Å². The van der Waals surface area contributed by atoms with Crippen LogP contribution in [0.1, 0.15) is 28.8 Å². The summed E-state index contributed by atoms with van der Waals surface area (Å²) in [4.78, 5) is 21.4. The number of aromatic hydroxyl groups is 2. The normalized spacial score (nSPS) is 11.1. The van der Waals surface area contributed by atoms with Gasteiger partial charge in [0.2, 0.25) is 0 Å². The highest BCUT2D eigenvalue weighted by Crippen LogP contribution is 2.31. The first-order chi connectivity index (χ1) is 13.1. The molecule has 0 saturated heterocycles. The second kappa shape index (κ2) is 7.25. The van der Waals surface area contributed by atoms with E-state index in [1.165, 1.54) is 6.07 Å². The maximum Gasteiger partial charge on any atom is 0.165 e. The van der Waals surface area contributed by atoms with Crippen LogP contribution < -0.4 is 0 Å². The number of aromatic nitrogens is 2. The third-order valence-corrected chi connectivity index (χ3v) is 5.36. The number of rotatable bonds is 6. The van der Waals surface area contributed by atoms with Gasteiger partial charge in [0.1, 0.15) is 28.4 Å². The number of carbonyl (C=O) groups is 1. The standard InChI is InChI=1S/C21H18N2O3S/c24-14-8-6-13(7-9-14)3-1-4-16(25)15-10-11-17(26)20-19(15)22-21(23-20)18-5-2-12-27-18/h2,5-12,24,26H,1,3-4H2,(H,22,23). The lowest BCUT2D eigenvalue weighted by Crippen LogP contribution is -2.01. The van der Waals surface area contributed by atoms with Crippen LogP contribution in [-0.4, -0.2) is 26.0 Å². The average Bonchev–Trinajstić information content (AvgIpc) is 3.33. The highest BCUT2D eigenvalue weighted by atomic mass is 32.1. The summed E-state index contributed by atoms with van der Waals surface area (Å²) >= 11 is 1.55. The molecule has 2 heterocycles. The molecule has 4 aromatic rings. The maximum atomic E-state index is 12.7. The highest BCUT2D eigenvalue weighted by Gasteiger charge is 2.17. The Hall–Kier alpha value is -3.12. The molecule has 0 fully saturated rings. The SMILES string of the molecule is O=C(CCCc1ccc(O)cc1)c1ccc(O)c2[nH]c(-c3cccs3)nc12. The van der Waals surface area contributed by atoms with Gasteiger partial charge >= 0.3 is 0 Å². The van der Waals surface area contributed by atoms with Gasteiger partial charge in [0.05, 0.1) is 4.88 Å². The predicted octanol–water partition coefficient (Wildman–Crippen LogP) is 4.91. The molecule has 0 aliphatic heterocycles. The predicted molar refractivity (Wildman–Crippen MR) is 106 cm³/mol. The fraction of sp³-hybridized carbons (Fsp3) is 0.143. The van der Waals surface area contributed by atoms with Crippen molar-refractivity contribution in [2.24, 2.45) is 0 Å². The number of thiophene rings is 1. The molecule has 2 aromatic heterocycles. The van der Waals surface area contributed by atoms with E-state index in [2.05, 4.69) is 9.97 Å². The number of phenols is 2. The summed E-state index contributed by atoms with van der Waals surface area (Å²) in [5, 5.41) is 21.4. The number of aryl methyl sites for hydroxylation is 1. The molecule has 0 saturated carbocycles. The molecule has 0 atom stereocenters. The number of Topliss-reactive ketones (excluding diaryl/α,β-unsaturated/α-hetero) is 1. The Morgan fingerprint density at radius 3 is 2.63 bits per heavy atom. The zero-order valence-electron chi connectivity index (χ0n) is 14.5. The molecule has 0 unspecified atom stereocenters. The number of nitrogens with one attached hydrogen (secondary N) is 1. The number of hydrogen-bond acceptors (Lipinski definition) is 5. The summed E-state index contributed by atoms with van der Waals surface area (Å²) in [7, 11) is 0. The monoisotopic (exact) mass is 378 g/mol. The number of nitrogens with zero attached hydrogens (tertiary/aromatic N) is 1. The van der Waals surface area contributed by atoms with Gasteiger partial charge in [0.25, 0.3) is 0 Å². The van der Waals surface area contributed by atoms with Crippen LogP contribution in [0.3, 0.4) is 0 Å². The Morgan fingerprint density at radius 1 is 1.07 bits per heavy atom. The Bertz CT molecular complexity index is 1080. The molecule has 27 heavy (non-hydrogen) atoms. The minimum Gasteiger partial charge on any atom is -0.508 e. The minimum absolute atomic E-state index is 0.00279. The van der Waals surface area contributed by atoms with E-state index in [0.29, 0.717) is 35.3 Å². The molecule has 0 aliphatic rings. The lowest BCUT2D eigenvalue weighted by atomic mass is 10.0. The van der Waals surface area contributed by atoms with E-state index in [4.69, 9.17) is 0 Å². The van der Waals surface area contributed by atoms with Crippen molar-refractivity contribution < 1.29 is 15.0 Å². The van der Waals surface area contributed by atoms with E-state index in [0.717, 1.165) is 16.9 Å². The lowest BCUT2D eigenvalue weighted by Gasteiger charge is -2.04. The van der Waals surface area contributed by atoms with Gasteiger partial charge in [0.15, 0.2) is 5.78 Å². The summed E-state index contributed by atoms with van der Waals surface area (Å²) in [6, 6.07) is 14.1. The van der Waals surface area contributed by atoms with Crippen molar-refractivity contribution in [2.45, 2.75) is 19.3 Å². The fourth-order valence-electron chi connectivity index (χ4n) is 3.08. The van der Waals surface area contributed by atoms with Crippen LogP contribution in [0, 0.1) is 0 Å². The zero-order chi connectivity index (χ0) is 18.8. The van der Waals surface area contributed by atoms with Crippen molar-refractivity contribution in [3.05, 3.63) is 65.0 Å². The molecule has 0 bridgehead atoms. The van der Waals surface area contributed by atoms with Crippen molar-refractivity contribution >= 4 is 28.2 Å². The van der Waals surface area contributed by atoms with Crippen LogP contribution in [0.2, 0.25) is 0 Å². The lowest BCUT2D eigenvalue weighted by molar-refractivity contribution is 0.0981. The van der Waals surface area contributed by atoms with E-state index >= 15 is 0 Å². The van der Waals surface area contributed by atoms with E-state index in [1.54, 1.807) is 29.5 Å². The molecule has 0 amide bonds. The summed E-state index contributed by atoms with van der Waals surface area (Å²) in [6.07, 6.45) is 1.85. The Kier molecular flexibility index (Phi) is 4.64. The van der Waals surface area contributed by atoms with Gasteiger partial charge in [-0.1, -0.05) is 18.2 Å². The number of fused-ring (bicyclic) bond motifs is 1. The van der Waals surface area contributed by atoms with Crippen LogP contribution in [0.5, 0.6) is 11.5 Å². The third kappa shape index (κ3) is 3.57. The van der Waals surface area contributed by atoms with Gasteiger partial charge in [-0.15, -0.1) is 11.3 Å². The van der Waals surface area contributed by atoms with Gasteiger partial charge in [-0.25, -0.2) is 4.98 Å². The van der Waals surface area contributed by atoms with E-state index < -0.39 is 0 Å². The minimum atomic E-state index is 0.00279.